The van der Waals surface area contributed by atoms with Crippen LogP contribution in [0.4, 0.5) is 0 Å². The van der Waals surface area contributed by atoms with Crippen molar-refractivity contribution in [2.24, 2.45) is 11.8 Å². The molecule has 0 radical (unpaired) electrons. The molecule has 5 rings (SSSR count). The predicted octanol–water partition coefficient (Wildman–Crippen LogP) is 10.6. The molecule has 1 aromatic carbocycles. The molecule has 0 fully saturated rings. The van der Waals surface area contributed by atoms with E-state index >= 15 is 0 Å². The Labute approximate surface area is 290 Å². The summed E-state index contributed by atoms with van der Waals surface area (Å²) in [5.41, 5.74) is 5.38. The van der Waals surface area contributed by atoms with E-state index in [1.165, 1.54) is 0 Å². The van der Waals surface area contributed by atoms with E-state index in [0.29, 0.717) is 41.6 Å². The van der Waals surface area contributed by atoms with Crippen LogP contribution in [-0.4, -0.2) is 41.0 Å². The molecule has 3 aromatic rings. The number of rotatable bonds is 16. The molecular weight excluding hydrogens is 676 g/mol. The molecule has 2 aliphatic rings. The number of carbonyl (C=O) groups excluding carboxylic acids is 3. The molecule has 0 saturated carbocycles. The average Bonchev–Trinajstić information content (AvgIpc) is 3.83. The van der Waals surface area contributed by atoms with Gasteiger partial charge >= 0.3 is 0 Å². The highest BCUT2D eigenvalue weighted by Crippen LogP contribution is 2.50. The molecule has 4 heterocycles. The summed E-state index contributed by atoms with van der Waals surface area (Å²) in [7, 11) is 0. The number of aldehydes is 1. The number of amides is 2. The second-order valence-electron chi connectivity index (χ2n) is 12.6. The number of fused-ring (bicyclic) bond motifs is 1. The number of nitrogens with zero attached hydrogens (tertiary/aromatic N) is 2. The van der Waals surface area contributed by atoms with Gasteiger partial charge in [0.2, 0.25) is 0 Å². The minimum absolute atomic E-state index is 0.0570. The van der Waals surface area contributed by atoms with Crippen LogP contribution in [0.25, 0.3) is 21.8 Å². The quantitative estimate of drug-likeness (QED) is 0.138. The van der Waals surface area contributed by atoms with E-state index in [9.17, 15) is 14.4 Å². The SMILES string of the molecule is CCCCC(CC)CN1C(=O)C2=C(c3ccc(-c4ccc(C=O)cc4C)s3)N(CC(CC)CCCC)C(=O)C2=C1c1ccc(Br)s1. The summed E-state index contributed by atoms with van der Waals surface area (Å²) in [5, 5.41) is 0. The number of halogens is 1. The summed E-state index contributed by atoms with van der Waals surface area (Å²) < 4.78 is 0.977. The summed E-state index contributed by atoms with van der Waals surface area (Å²) >= 11 is 6.83. The maximum atomic E-state index is 14.7. The monoisotopic (exact) mass is 720 g/mol. The summed E-state index contributed by atoms with van der Waals surface area (Å²) in [6, 6.07) is 13.9. The lowest BCUT2D eigenvalue weighted by Gasteiger charge is -2.29. The summed E-state index contributed by atoms with van der Waals surface area (Å²) in [6.07, 6.45) is 9.42. The predicted molar refractivity (Wildman–Crippen MR) is 196 cm³/mol. The molecule has 2 amide bonds. The normalized spacial score (nSPS) is 16.2. The van der Waals surface area contributed by atoms with Gasteiger partial charge in [0, 0.05) is 23.5 Å². The van der Waals surface area contributed by atoms with Gasteiger partial charge < -0.3 is 9.80 Å². The van der Waals surface area contributed by atoms with Crippen molar-refractivity contribution in [2.45, 2.75) is 86.0 Å². The van der Waals surface area contributed by atoms with Crippen LogP contribution in [0.5, 0.6) is 0 Å². The number of unbranched alkanes of at least 4 members (excludes halogenated alkanes) is 2. The third kappa shape index (κ3) is 6.90. The molecule has 5 nitrogen and oxygen atoms in total. The van der Waals surface area contributed by atoms with Gasteiger partial charge in [-0.25, -0.2) is 0 Å². The van der Waals surface area contributed by atoms with Crippen LogP contribution < -0.4 is 0 Å². The maximum Gasteiger partial charge on any atom is 0.261 e. The van der Waals surface area contributed by atoms with Crippen LogP contribution in [0.15, 0.2) is 57.4 Å². The zero-order valence-corrected chi connectivity index (χ0v) is 30.9. The number of benzene rings is 1. The van der Waals surface area contributed by atoms with Crippen molar-refractivity contribution in [3.63, 3.8) is 0 Å². The Balaban J connectivity index is 1.67. The fourth-order valence-corrected chi connectivity index (χ4v) is 9.30. The Hall–Kier alpha value is -2.81. The number of carbonyl (C=O) groups is 3. The molecule has 2 aliphatic heterocycles. The van der Waals surface area contributed by atoms with E-state index in [1.54, 1.807) is 22.7 Å². The van der Waals surface area contributed by atoms with Crippen molar-refractivity contribution in [2.75, 3.05) is 13.1 Å². The second-order valence-corrected chi connectivity index (χ2v) is 16.1. The fraction of sp³-hybridized carbons (Fsp3) is 0.447. The van der Waals surface area contributed by atoms with Gasteiger partial charge in [0.15, 0.2) is 0 Å². The smallest absolute Gasteiger partial charge is 0.261 e. The van der Waals surface area contributed by atoms with Gasteiger partial charge in [0.1, 0.15) is 6.29 Å². The molecule has 2 atom stereocenters. The lowest BCUT2D eigenvalue weighted by atomic mass is 9.98. The van der Waals surface area contributed by atoms with Gasteiger partial charge in [-0.1, -0.05) is 78.4 Å². The average molecular weight is 722 g/mol. The van der Waals surface area contributed by atoms with Crippen LogP contribution in [-0.2, 0) is 9.59 Å². The zero-order chi connectivity index (χ0) is 33.0. The molecule has 0 N–H and O–H groups in total. The maximum absolute atomic E-state index is 14.7. The van der Waals surface area contributed by atoms with Gasteiger partial charge in [0.05, 0.1) is 36.1 Å². The van der Waals surface area contributed by atoms with Crippen molar-refractivity contribution in [3.05, 3.63) is 78.3 Å². The first-order valence-electron chi connectivity index (χ1n) is 16.8. The van der Waals surface area contributed by atoms with Crippen LogP contribution >= 0.6 is 38.6 Å². The Bertz CT molecular complexity index is 1670. The Kier molecular flexibility index (Phi) is 11.6. The molecule has 8 heteroatoms. The Morgan fingerprint density at radius 3 is 1.72 bits per heavy atom. The van der Waals surface area contributed by atoms with Crippen molar-refractivity contribution in [3.8, 4) is 10.4 Å². The highest BCUT2D eigenvalue weighted by molar-refractivity contribution is 9.11. The fourth-order valence-electron chi connectivity index (χ4n) is 6.70. The molecule has 0 aliphatic carbocycles. The van der Waals surface area contributed by atoms with E-state index in [2.05, 4.69) is 55.8 Å². The second kappa shape index (κ2) is 15.4. The Morgan fingerprint density at radius 1 is 0.739 bits per heavy atom. The molecule has 0 bridgehead atoms. The first-order valence-corrected chi connectivity index (χ1v) is 19.2. The standard InChI is InChI=1S/C38H45BrN2O3S2/c1-6-10-12-25(8-3)21-40-35(30-17-16-29(45-30)28-15-14-27(23-42)20-24(28)5)33-34(38(40)44)36(31-18-19-32(39)46-31)41(37(33)43)22-26(9-4)13-11-7-2/h14-20,23,25-26H,6-13,21-22H2,1-5H3. The first kappa shape index (κ1) is 34.5. The molecule has 2 aromatic heterocycles. The largest absolute Gasteiger partial charge is 0.306 e. The molecule has 0 saturated heterocycles. The van der Waals surface area contributed by atoms with E-state index in [0.717, 1.165) is 98.6 Å². The lowest BCUT2D eigenvalue weighted by Crippen LogP contribution is -2.34. The van der Waals surface area contributed by atoms with E-state index < -0.39 is 0 Å². The third-order valence-corrected chi connectivity index (χ3v) is 12.2. The van der Waals surface area contributed by atoms with Crippen LogP contribution in [0.2, 0.25) is 0 Å². The van der Waals surface area contributed by atoms with Crippen LogP contribution in [0, 0.1) is 18.8 Å². The molecular formula is C38H45BrN2O3S2. The lowest BCUT2D eigenvalue weighted by molar-refractivity contribution is -0.124. The number of hydrogen-bond donors (Lipinski definition) is 0. The summed E-state index contributed by atoms with van der Waals surface area (Å²) in [6.45, 7) is 12.0. The van der Waals surface area contributed by atoms with Crippen LogP contribution in [0.3, 0.4) is 0 Å². The van der Waals surface area contributed by atoms with Gasteiger partial charge in [-0.05, 0) is 89.0 Å². The van der Waals surface area contributed by atoms with E-state index in [4.69, 9.17) is 0 Å². The van der Waals surface area contributed by atoms with Crippen LogP contribution in [0.1, 0.15) is 105 Å². The minimum atomic E-state index is -0.0570. The third-order valence-electron chi connectivity index (χ3n) is 9.45. The van der Waals surface area contributed by atoms with Crippen molar-refractivity contribution >= 4 is 68.1 Å². The number of hydrogen-bond acceptors (Lipinski definition) is 5. The molecule has 2 unspecified atom stereocenters. The number of thiophene rings is 2. The number of aryl methyl sites for hydroxylation is 1. The van der Waals surface area contributed by atoms with Gasteiger partial charge in [-0.2, -0.15) is 0 Å². The van der Waals surface area contributed by atoms with E-state index in [1.807, 2.05) is 47.1 Å². The van der Waals surface area contributed by atoms with Crippen molar-refractivity contribution < 1.29 is 14.4 Å². The first-order chi connectivity index (χ1) is 22.3. The molecule has 244 valence electrons. The summed E-state index contributed by atoms with van der Waals surface area (Å²) in [4.78, 5) is 47.6. The molecule has 46 heavy (non-hydrogen) atoms. The highest BCUT2D eigenvalue weighted by Gasteiger charge is 2.50. The topological polar surface area (TPSA) is 57.7 Å². The van der Waals surface area contributed by atoms with Gasteiger partial charge in [-0.15, -0.1) is 22.7 Å². The van der Waals surface area contributed by atoms with E-state index in [-0.39, 0.29) is 11.8 Å². The van der Waals surface area contributed by atoms with Gasteiger partial charge in [0.25, 0.3) is 11.8 Å². The summed E-state index contributed by atoms with van der Waals surface area (Å²) in [5.74, 6) is 0.596. The Morgan fingerprint density at radius 2 is 1.26 bits per heavy atom. The highest BCUT2D eigenvalue weighted by atomic mass is 79.9. The van der Waals surface area contributed by atoms with Crippen molar-refractivity contribution in [1.29, 1.82) is 0 Å². The zero-order valence-electron chi connectivity index (χ0n) is 27.7. The van der Waals surface area contributed by atoms with Gasteiger partial charge in [-0.3, -0.25) is 14.4 Å². The van der Waals surface area contributed by atoms with Crippen molar-refractivity contribution in [1.82, 2.24) is 9.80 Å². The minimum Gasteiger partial charge on any atom is -0.306 e. The molecule has 0 spiro atoms.